The van der Waals surface area contributed by atoms with Crippen molar-refractivity contribution in [1.82, 2.24) is 19.5 Å². The van der Waals surface area contributed by atoms with Crippen LogP contribution in [0.3, 0.4) is 0 Å². The van der Waals surface area contributed by atoms with E-state index >= 15 is 0 Å². The molecular weight excluding hydrogens is 341 g/mol. The van der Waals surface area contributed by atoms with Gasteiger partial charge in [0.25, 0.3) is 0 Å². The summed E-state index contributed by atoms with van der Waals surface area (Å²) in [5.74, 6) is 0.302. The third-order valence-electron chi connectivity index (χ3n) is 3.61. The summed E-state index contributed by atoms with van der Waals surface area (Å²) in [6.45, 7) is 2.07. The van der Waals surface area contributed by atoms with Gasteiger partial charge in [-0.2, -0.15) is 13.2 Å². The SMILES string of the molecule is CCCCc1cc(Cl)nc(-n2cnc3cc(C(F)(F)F)ccc32)n1. The summed E-state index contributed by atoms with van der Waals surface area (Å²) in [6.07, 6.45) is -0.258. The lowest BCUT2D eigenvalue weighted by Crippen LogP contribution is -2.05. The Balaban J connectivity index is 2.05. The fourth-order valence-corrected chi connectivity index (χ4v) is 2.59. The third-order valence-corrected chi connectivity index (χ3v) is 3.81. The number of fused-ring (bicyclic) bond motifs is 1. The molecule has 0 fully saturated rings. The number of halogens is 4. The molecule has 0 atom stereocenters. The van der Waals surface area contributed by atoms with Crippen molar-refractivity contribution >= 4 is 22.6 Å². The van der Waals surface area contributed by atoms with Gasteiger partial charge in [0, 0.05) is 5.69 Å². The largest absolute Gasteiger partial charge is 0.416 e. The zero-order valence-electron chi connectivity index (χ0n) is 12.8. The highest BCUT2D eigenvalue weighted by molar-refractivity contribution is 6.29. The van der Waals surface area contributed by atoms with E-state index in [0.29, 0.717) is 16.6 Å². The maximum Gasteiger partial charge on any atom is 0.416 e. The number of unbranched alkanes of at least 4 members (excludes halogenated alkanes) is 1. The Kier molecular flexibility index (Phi) is 4.45. The van der Waals surface area contributed by atoms with Crippen LogP contribution in [0.25, 0.3) is 17.0 Å². The Hall–Kier alpha value is -2.15. The van der Waals surface area contributed by atoms with Crippen molar-refractivity contribution in [1.29, 1.82) is 0 Å². The molecule has 2 aromatic heterocycles. The number of nitrogens with zero attached hydrogens (tertiary/aromatic N) is 4. The first-order chi connectivity index (χ1) is 11.4. The number of alkyl halides is 3. The first kappa shape index (κ1) is 16.7. The van der Waals surface area contributed by atoms with Crippen LogP contribution in [0.5, 0.6) is 0 Å². The smallest absolute Gasteiger partial charge is 0.267 e. The highest BCUT2D eigenvalue weighted by Gasteiger charge is 2.30. The standard InChI is InChI=1S/C16H14ClF3N4/c1-2-3-4-11-8-14(17)23-15(22-11)24-9-21-12-7-10(16(18,19)20)5-6-13(12)24/h5-9H,2-4H2,1H3. The lowest BCUT2D eigenvalue weighted by molar-refractivity contribution is -0.137. The Labute approximate surface area is 141 Å². The maximum absolute atomic E-state index is 12.8. The monoisotopic (exact) mass is 354 g/mol. The van der Waals surface area contributed by atoms with Crippen LogP contribution < -0.4 is 0 Å². The quantitative estimate of drug-likeness (QED) is 0.630. The summed E-state index contributed by atoms with van der Waals surface area (Å²) < 4.78 is 39.9. The van der Waals surface area contributed by atoms with Gasteiger partial charge in [-0.3, -0.25) is 4.57 Å². The maximum atomic E-state index is 12.8. The number of hydrogen-bond donors (Lipinski definition) is 0. The van der Waals surface area contributed by atoms with Crippen molar-refractivity contribution in [2.75, 3.05) is 0 Å². The summed E-state index contributed by atoms with van der Waals surface area (Å²) in [5.41, 5.74) is 0.770. The molecule has 3 aromatic rings. The predicted molar refractivity (Wildman–Crippen MR) is 85.3 cm³/mol. The topological polar surface area (TPSA) is 43.6 Å². The molecule has 0 N–H and O–H groups in total. The van der Waals surface area contributed by atoms with Gasteiger partial charge in [0.15, 0.2) is 0 Å². The first-order valence-electron chi connectivity index (χ1n) is 7.46. The molecule has 3 rings (SSSR count). The van der Waals surface area contributed by atoms with E-state index in [9.17, 15) is 13.2 Å². The van der Waals surface area contributed by atoms with Crippen LogP contribution in [0.15, 0.2) is 30.6 Å². The summed E-state index contributed by atoms with van der Waals surface area (Å²) in [4.78, 5) is 12.6. The van der Waals surface area contributed by atoms with E-state index < -0.39 is 11.7 Å². The van der Waals surface area contributed by atoms with Crippen LogP contribution in [-0.2, 0) is 12.6 Å². The second-order valence-electron chi connectivity index (χ2n) is 5.40. The number of benzene rings is 1. The molecule has 0 saturated heterocycles. The van der Waals surface area contributed by atoms with Crippen molar-refractivity contribution in [3.05, 3.63) is 47.0 Å². The van der Waals surface area contributed by atoms with Gasteiger partial charge in [-0.1, -0.05) is 24.9 Å². The highest BCUT2D eigenvalue weighted by atomic mass is 35.5. The van der Waals surface area contributed by atoms with Gasteiger partial charge in [0.1, 0.15) is 11.5 Å². The van der Waals surface area contributed by atoms with Crippen LogP contribution in [0.2, 0.25) is 5.15 Å². The van der Waals surface area contributed by atoms with Crippen LogP contribution in [0.1, 0.15) is 31.0 Å². The molecular formula is C16H14ClF3N4. The van der Waals surface area contributed by atoms with E-state index in [1.165, 1.54) is 17.0 Å². The molecule has 4 nitrogen and oxygen atoms in total. The molecule has 0 aliphatic rings. The molecule has 24 heavy (non-hydrogen) atoms. The van der Waals surface area contributed by atoms with Gasteiger partial charge < -0.3 is 0 Å². The minimum absolute atomic E-state index is 0.225. The van der Waals surface area contributed by atoms with E-state index in [2.05, 4.69) is 21.9 Å². The lowest BCUT2D eigenvalue weighted by Gasteiger charge is -2.08. The molecule has 8 heteroatoms. The van der Waals surface area contributed by atoms with Crippen molar-refractivity contribution in [3.63, 3.8) is 0 Å². The lowest BCUT2D eigenvalue weighted by atomic mass is 10.2. The zero-order valence-corrected chi connectivity index (χ0v) is 13.6. The van der Waals surface area contributed by atoms with Gasteiger partial charge >= 0.3 is 6.18 Å². The van der Waals surface area contributed by atoms with Crippen LogP contribution in [0, 0.1) is 0 Å². The van der Waals surface area contributed by atoms with E-state index in [1.54, 1.807) is 6.07 Å². The molecule has 0 spiro atoms. The number of hydrogen-bond acceptors (Lipinski definition) is 3. The Morgan fingerprint density at radius 3 is 2.67 bits per heavy atom. The Morgan fingerprint density at radius 2 is 1.96 bits per heavy atom. The molecule has 0 aliphatic carbocycles. The fourth-order valence-electron chi connectivity index (χ4n) is 2.39. The molecule has 1 aromatic carbocycles. The normalized spacial score (nSPS) is 12.0. The van der Waals surface area contributed by atoms with Gasteiger partial charge in [-0.05, 0) is 37.1 Å². The van der Waals surface area contributed by atoms with E-state index in [-0.39, 0.29) is 5.52 Å². The molecule has 0 saturated carbocycles. The molecule has 0 bridgehead atoms. The second-order valence-corrected chi connectivity index (χ2v) is 5.79. The number of rotatable bonds is 4. The van der Waals surface area contributed by atoms with Crippen LogP contribution in [-0.4, -0.2) is 19.5 Å². The molecule has 126 valence electrons. The average Bonchev–Trinajstić information content (AvgIpc) is 2.94. The predicted octanol–water partition coefficient (Wildman–Crippen LogP) is 4.83. The Bertz CT molecular complexity index is 873. The molecule has 0 radical (unpaired) electrons. The molecule has 2 heterocycles. The van der Waals surface area contributed by atoms with Gasteiger partial charge in [0.05, 0.1) is 16.6 Å². The summed E-state index contributed by atoms with van der Waals surface area (Å²) in [5, 5.41) is 0.292. The molecule has 0 unspecified atom stereocenters. The number of aryl methyl sites for hydroxylation is 1. The minimum atomic E-state index is -4.40. The number of imidazole rings is 1. The number of aromatic nitrogens is 4. The van der Waals surface area contributed by atoms with E-state index in [1.807, 2.05) is 0 Å². The molecule has 0 aliphatic heterocycles. The van der Waals surface area contributed by atoms with Gasteiger partial charge in [0.2, 0.25) is 5.95 Å². The van der Waals surface area contributed by atoms with Crippen LogP contribution >= 0.6 is 11.6 Å². The van der Waals surface area contributed by atoms with Crippen LogP contribution in [0.4, 0.5) is 13.2 Å². The van der Waals surface area contributed by atoms with Crippen molar-refractivity contribution < 1.29 is 13.2 Å². The average molecular weight is 355 g/mol. The van der Waals surface area contributed by atoms with Gasteiger partial charge in [-0.25, -0.2) is 15.0 Å². The zero-order chi connectivity index (χ0) is 17.3. The Morgan fingerprint density at radius 1 is 1.17 bits per heavy atom. The third kappa shape index (κ3) is 3.36. The highest BCUT2D eigenvalue weighted by Crippen LogP contribution is 2.31. The van der Waals surface area contributed by atoms with Gasteiger partial charge in [-0.15, -0.1) is 0 Å². The summed E-state index contributed by atoms with van der Waals surface area (Å²) in [6, 6.07) is 5.08. The van der Waals surface area contributed by atoms with E-state index in [4.69, 9.17) is 11.6 Å². The summed E-state index contributed by atoms with van der Waals surface area (Å²) >= 11 is 6.05. The molecule has 0 amide bonds. The van der Waals surface area contributed by atoms with E-state index in [0.717, 1.165) is 37.1 Å². The van der Waals surface area contributed by atoms with Crippen molar-refractivity contribution in [3.8, 4) is 5.95 Å². The minimum Gasteiger partial charge on any atom is -0.267 e. The van der Waals surface area contributed by atoms with Crippen molar-refractivity contribution in [2.24, 2.45) is 0 Å². The fraction of sp³-hybridized carbons (Fsp3) is 0.312. The second kappa shape index (κ2) is 6.39. The first-order valence-corrected chi connectivity index (χ1v) is 7.84. The van der Waals surface area contributed by atoms with Crippen molar-refractivity contribution in [2.45, 2.75) is 32.4 Å². The summed E-state index contributed by atoms with van der Waals surface area (Å²) in [7, 11) is 0.